The first-order valence-electron chi connectivity index (χ1n) is 13.2. The molecule has 0 bridgehead atoms. The molecule has 218 valence electrons. The number of hydrogen-bond acceptors (Lipinski definition) is 10. The highest BCUT2D eigenvalue weighted by molar-refractivity contribution is 8.00. The van der Waals surface area contributed by atoms with Crippen molar-refractivity contribution in [2.24, 2.45) is 0 Å². The van der Waals surface area contributed by atoms with Crippen LogP contribution in [-0.4, -0.2) is 46.2 Å². The first-order chi connectivity index (χ1) is 20.7. The molecule has 43 heavy (non-hydrogen) atoms. The molecule has 0 unspecified atom stereocenters. The van der Waals surface area contributed by atoms with Crippen LogP contribution in [0.15, 0.2) is 76.6 Å². The number of benzene rings is 3. The number of thioether (sulfide) groups is 1. The highest BCUT2D eigenvalue weighted by atomic mass is 32.2. The number of ketones is 1. The van der Waals surface area contributed by atoms with E-state index in [1.165, 1.54) is 42.0 Å². The van der Waals surface area contributed by atoms with Gasteiger partial charge in [0, 0.05) is 17.7 Å². The van der Waals surface area contributed by atoms with Crippen LogP contribution in [0.4, 0.5) is 9.52 Å². The van der Waals surface area contributed by atoms with E-state index in [1.807, 2.05) is 6.92 Å². The minimum absolute atomic E-state index is 0.0193. The van der Waals surface area contributed by atoms with Crippen LogP contribution in [0.3, 0.4) is 0 Å². The van der Waals surface area contributed by atoms with Gasteiger partial charge in [0.05, 0.1) is 24.3 Å². The molecule has 1 fully saturated rings. The van der Waals surface area contributed by atoms with Gasteiger partial charge in [-0.2, -0.15) is 0 Å². The number of Topliss-reactive ketones (excluding diaryl/α,β-unsaturated/α-hetero) is 1. The van der Waals surface area contributed by atoms with Crippen molar-refractivity contribution in [3.63, 3.8) is 0 Å². The van der Waals surface area contributed by atoms with E-state index in [9.17, 15) is 23.9 Å². The molecule has 9 nitrogen and oxygen atoms in total. The molecule has 2 aliphatic heterocycles. The Morgan fingerprint density at radius 3 is 2.60 bits per heavy atom. The van der Waals surface area contributed by atoms with Gasteiger partial charge < -0.3 is 14.6 Å². The molecule has 6 rings (SSSR count). The normalized spacial score (nSPS) is 18.9. The second-order valence-corrected chi connectivity index (χ2v) is 12.1. The Labute approximate surface area is 254 Å². The van der Waals surface area contributed by atoms with Crippen LogP contribution < -0.4 is 9.64 Å². The molecule has 0 aliphatic carbocycles. The molecule has 1 saturated heterocycles. The van der Waals surface area contributed by atoms with Gasteiger partial charge in [0.25, 0.3) is 5.78 Å². The fourth-order valence-corrected chi connectivity index (χ4v) is 6.96. The van der Waals surface area contributed by atoms with Gasteiger partial charge in [-0.25, -0.2) is 9.18 Å². The number of amides is 1. The lowest BCUT2D eigenvalue weighted by molar-refractivity contribution is -0.132. The molecule has 3 heterocycles. The van der Waals surface area contributed by atoms with E-state index in [2.05, 4.69) is 10.2 Å². The topological polar surface area (TPSA) is 119 Å². The van der Waals surface area contributed by atoms with Crippen LogP contribution in [0.5, 0.6) is 5.75 Å². The number of aliphatic hydroxyl groups excluding tert-OH is 1. The Morgan fingerprint density at radius 1 is 1.12 bits per heavy atom. The Bertz CT molecular complexity index is 1790. The molecule has 4 aromatic rings. The maximum atomic E-state index is 14.1. The molecule has 2 atom stereocenters. The predicted octanol–water partition coefficient (Wildman–Crippen LogP) is 5.71. The summed E-state index contributed by atoms with van der Waals surface area (Å²) in [6.45, 7) is 1.94. The summed E-state index contributed by atoms with van der Waals surface area (Å²) >= 11 is 2.32. The van der Waals surface area contributed by atoms with E-state index in [0.717, 1.165) is 16.9 Å². The number of ether oxygens (including phenoxy) is 2. The molecule has 0 radical (unpaired) electrons. The van der Waals surface area contributed by atoms with Gasteiger partial charge >= 0.3 is 11.9 Å². The molecule has 3 aromatic carbocycles. The lowest BCUT2D eigenvalue weighted by Gasteiger charge is -2.22. The maximum absolute atomic E-state index is 14.1. The van der Waals surface area contributed by atoms with Crippen molar-refractivity contribution < 1.29 is 33.4 Å². The number of aromatic nitrogens is 2. The van der Waals surface area contributed by atoms with Crippen LogP contribution >= 0.6 is 23.1 Å². The number of anilines is 1. The number of hydrogen-bond donors (Lipinski definition) is 1. The number of fused-ring (bicyclic) bond motifs is 1. The fourth-order valence-electron chi connectivity index (χ4n) is 5.10. The number of carbonyl (C=O) groups excluding carboxylic acids is 3. The quantitative estimate of drug-likeness (QED) is 0.0695. The fraction of sp³-hybridized carbons (Fsp3) is 0.194. The first kappa shape index (κ1) is 28.6. The molecule has 1 aromatic heterocycles. The lowest BCUT2D eigenvalue weighted by Crippen LogP contribution is -2.29. The van der Waals surface area contributed by atoms with Crippen molar-refractivity contribution in [3.05, 3.63) is 106 Å². The second kappa shape index (κ2) is 11.6. The van der Waals surface area contributed by atoms with Crippen LogP contribution in [0.25, 0.3) is 5.76 Å². The minimum Gasteiger partial charge on any atom is -0.507 e. The van der Waals surface area contributed by atoms with Crippen LogP contribution in [0.2, 0.25) is 0 Å². The van der Waals surface area contributed by atoms with E-state index in [1.54, 1.807) is 48.5 Å². The van der Waals surface area contributed by atoms with Crippen LogP contribution in [-0.2, 0) is 26.5 Å². The summed E-state index contributed by atoms with van der Waals surface area (Å²) in [6, 6.07) is 16.7. The monoisotopic (exact) mass is 617 g/mol. The Kier molecular flexibility index (Phi) is 7.72. The van der Waals surface area contributed by atoms with E-state index < -0.39 is 23.7 Å². The van der Waals surface area contributed by atoms with Crippen molar-refractivity contribution in [1.29, 1.82) is 0 Å². The number of esters is 1. The van der Waals surface area contributed by atoms with E-state index >= 15 is 0 Å². The Balaban J connectivity index is 1.40. The maximum Gasteiger partial charge on any atom is 0.337 e. The van der Waals surface area contributed by atoms with Gasteiger partial charge in [0.1, 0.15) is 23.4 Å². The zero-order chi connectivity index (χ0) is 30.2. The van der Waals surface area contributed by atoms with Gasteiger partial charge in [0.2, 0.25) is 5.13 Å². The number of aliphatic hydroxyl groups is 1. The molecular weight excluding hydrogens is 593 g/mol. The average molecular weight is 618 g/mol. The minimum atomic E-state index is -1.06. The second-order valence-electron chi connectivity index (χ2n) is 9.97. The van der Waals surface area contributed by atoms with Crippen molar-refractivity contribution in [2.75, 3.05) is 12.0 Å². The Morgan fingerprint density at radius 2 is 1.86 bits per heavy atom. The highest BCUT2D eigenvalue weighted by Gasteiger charge is 2.48. The summed E-state index contributed by atoms with van der Waals surface area (Å²) in [6.07, 6.45) is 0.621. The lowest BCUT2D eigenvalue weighted by atomic mass is 9.94. The smallest absolute Gasteiger partial charge is 0.337 e. The predicted molar refractivity (Wildman–Crippen MR) is 159 cm³/mol. The number of carbonyl (C=O) groups is 3. The summed E-state index contributed by atoms with van der Waals surface area (Å²) in [4.78, 5) is 40.3. The molecule has 1 amide bonds. The van der Waals surface area contributed by atoms with E-state index in [4.69, 9.17) is 9.47 Å². The third kappa shape index (κ3) is 5.39. The van der Waals surface area contributed by atoms with Gasteiger partial charge in [-0.15, -0.1) is 10.2 Å². The molecule has 0 saturated carbocycles. The summed E-state index contributed by atoms with van der Waals surface area (Å²) in [7, 11) is 1.27. The van der Waals surface area contributed by atoms with Gasteiger partial charge in [0.15, 0.2) is 4.34 Å². The third-order valence-corrected chi connectivity index (χ3v) is 9.28. The molecule has 1 N–H and O–H groups in total. The molecular formula is C31H24FN3O6S2. The van der Waals surface area contributed by atoms with Crippen molar-refractivity contribution in [1.82, 2.24) is 10.2 Å². The number of nitrogens with zero attached hydrogens (tertiary/aromatic N) is 3. The zero-order valence-corrected chi connectivity index (χ0v) is 24.6. The van der Waals surface area contributed by atoms with Crippen molar-refractivity contribution >= 4 is 51.6 Å². The Hall–Kier alpha value is -4.55. The largest absolute Gasteiger partial charge is 0.507 e. The summed E-state index contributed by atoms with van der Waals surface area (Å²) in [5.74, 6) is -2.01. The third-order valence-electron chi connectivity index (χ3n) is 7.17. The van der Waals surface area contributed by atoms with Crippen molar-refractivity contribution in [2.45, 2.75) is 35.6 Å². The van der Waals surface area contributed by atoms with Crippen LogP contribution in [0, 0.1) is 5.82 Å². The highest BCUT2D eigenvalue weighted by Crippen LogP contribution is 2.44. The molecule has 0 spiro atoms. The summed E-state index contributed by atoms with van der Waals surface area (Å²) in [5, 5.41) is 20.0. The molecule has 12 heteroatoms. The standard InChI is InChI=1S/C31H24FN3O6S2/c1-16-13-21-14-19(11-12-23(21)41-16)26(36)24-25(17-7-9-18(10-8-17)29(39)40-2)35(28(38)27(24)37)30-33-34-31(43-30)42-15-20-5-3-4-6-22(20)32/h3-12,14,16,25,36H,13,15H2,1-2H3/t16-,25+/m0/s1. The number of rotatable bonds is 7. The van der Waals surface area contributed by atoms with Gasteiger partial charge in [-0.05, 0) is 60.0 Å². The van der Waals surface area contributed by atoms with Crippen molar-refractivity contribution in [3.8, 4) is 5.75 Å². The SMILES string of the molecule is COC(=O)c1ccc([C@@H]2C(=C(O)c3ccc4c(c3)C[C@H](C)O4)C(=O)C(=O)N2c2nnc(SCc3ccccc3F)s2)cc1. The molecule has 2 aliphatic rings. The van der Waals surface area contributed by atoms with Crippen LogP contribution in [0.1, 0.15) is 45.6 Å². The summed E-state index contributed by atoms with van der Waals surface area (Å²) in [5.41, 5.74) is 2.35. The number of halogens is 1. The van der Waals surface area contributed by atoms with E-state index in [-0.39, 0.29) is 33.9 Å². The van der Waals surface area contributed by atoms with E-state index in [0.29, 0.717) is 39.0 Å². The number of methoxy groups -OCH3 is 1. The van der Waals surface area contributed by atoms with Gasteiger partial charge in [-0.1, -0.05) is 53.4 Å². The zero-order valence-electron chi connectivity index (χ0n) is 22.9. The summed E-state index contributed by atoms with van der Waals surface area (Å²) < 4.78 is 25.2. The first-order valence-corrected chi connectivity index (χ1v) is 15.0. The van der Waals surface area contributed by atoms with Gasteiger partial charge in [-0.3, -0.25) is 14.5 Å². The average Bonchev–Trinajstić information content (AvgIpc) is 3.70.